The molecule has 1 N–H and O–H groups in total. The molecule has 1 saturated carbocycles. The third-order valence-electron chi connectivity index (χ3n) is 3.90. The Labute approximate surface area is 125 Å². The van der Waals surface area contributed by atoms with Gasteiger partial charge < -0.3 is 5.32 Å². The van der Waals surface area contributed by atoms with Crippen molar-refractivity contribution in [2.45, 2.75) is 69.0 Å². The van der Waals surface area contributed by atoms with Crippen molar-refractivity contribution in [2.24, 2.45) is 5.41 Å². The lowest BCUT2D eigenvalue weighted by atomic mass is 9.73. The first-order chi connectivity index (χ1) is 9.03. The molecular formula is C14H25N3S2. The van der Waals surface area contributed by atoms with Gasteiger partial charge in [-0.2, -0.15) is 4.37 Å². The monoisotopic (exact) mass is 299 g/mol. The molecule has 1 heterocycles. The van der Waals surface area contributed by atoms with Crippen LogP contribution in [0.5, 0.6) is 0 Å². The Hall–Kier alpha value is -0.130. The van der Waals surface area contributed by atoms with Crippen molar-refractivity contribution in [3.8, 4) is 0 Å². The van der Waals surface area contributed by atoms with Gasteiger partial charge in [-0.1, -0.05) is 39.0 Å². The van der Waals surface area contributed by atoms with Crippen molar-refractivity contribution < 1.29 is 0 Å². The van der Waals surface area contributed by atoms with E-state index in [1.807, 2.05) is 18.7 Å². The number of rotatable bonds is 5. The Morgan fingerprint density at radius 3 is 2.89 bits per heavy atom. The normalized spacial score (nSPS) is 26.5. The van der Waals surface area contributed by atoms with Crippen molar-refractivity contribution >= 4 is 23.3 Å². The van der Waals surface area contributed by atoms with Crippen molar-refractivity contribution in [3.63, 3.8) is 0 Å². The molecule has 2 unspecified atom stereocenters. The summed E-state index contributed by atoms with van der Waals surface area (Å²) >= 11 is 3.47. The predicted octanol–water partition coefficient (Wildman–Crippen LogP) is 3.89. The first-order valence-electron chi connectivity index (χ1n) is 7.23. The van der Waals surface area contributed by atoms with Crippen LogP contribution in [0.4, 0.5) is 0 Å². The molecule has 1 aliphatic carbocycles. The number of aromatic nitrogens is 2. The second kappa shape index (κ2) is 6.55. The van der Waals surface area contributed by atoms with E-state index in [1.54, 1.807) is 11.5 Å². The van der Waals surface area contributed by atoms with Crippen molar-refractivity contribution in [1.82, 2.24) is 14.7 Å². The van der Waals surface area contributed by atoms with E-state index < -0.39 is 0 Å². The Morgan fingerprint density at radius 1 is 1.47 bits per heavy atom. The number of hydrogen-bond acceptors (Lipinski definition) is 5. The lowest BCUT2D eigenvalue weighted by Gasteiger charge is -2.44. The highest BCUT2D eigenvalue weighted by Gasteiger charge is 2.39. The van der Waals surface area contributed by atoms with Gasteiger partial charge in [-0.15, -0.1) is 0 Å². The molecule has 1 fully saturated rings. The highest BCUT2D eigenvalue weighted by Crippen LogP contribution is 2.43. The fourth-order valence-electron chi connectivity index (χ4n) is 2.87. The summed E-state index contributed by atoms with van der Waals surface area (Å²) in [5.41, 5.74) is 0.380. The van der Waals surface area contributed by atoms with E-state index in [1.165, 1.54) is 25.7 Å². The number of nitrogens with one attached hydrogen (secondary N) is 1. The molecule has 2 atom stereocenters. The van der Waals surface area contributed by atoms with Crippen LogP contribution in [0, 0.1) is 12.3 Å². The maximum Gasteiger partial charge on any atom is 0.170 e. The summed E-state index contributed by atoms with van der Waals surface area (Å²) in [6.07, 6.45) is 5.13. The summed E-state index contributed by atoms with van der Waals surface area (Å²) in [6, 6.07) is 0.579. The molecule has 0 bridgehead atoms. The van der Waals surface area contributed by atoms with Gasteiger partial charge in [0.05, 0.1) is 0 Å². The zero-order chi connectivity index (χ0) is 13.9. The molecule has 0 amide bonds. The van der Waals surface area contributed by atoms with Crippen LogP contribution in [0.25, 0.3) is 0 Å². The number of nitrogens with zero attached hydrogens (tertiary/aromatic N) is 2. The van der Waals surface area contributed by atoms with Crippen molar-refractivity contribution in [1.29, 1.82) is 0 Å². The van der Waals surface area contributed by atoms with Crippen LogP contribution in [0.2, 0.25) is 0 Å². The molecule has 2 rings (SSSR count). The summed E-state index contributed by atoms with van der Waals surface area (Å²) in [6.45, 7) is 10.1. The number of aryl methyl sites for hydroxylation is 1. The van der Waals surface area contributed by atoms with Gasteiger partial charge >= 0.3 is 0 Å². The lowest BCUT2D eigenvalue weighted by molar-refractivity contribution is 0.175. The van der Waals surface area contributed by atoms with E-state index in [-0.39, 0.29) is 0 Å². The highest BCUT2D eigenvalue weighted by atomic mass is 32.2. The minimum Gasteiger partial charge on any atom is -0.312 e. The molecule has 108 valence electrons. The van der Waals surface area contributed by atoms with Crippen LogP contribution in [-0.2, 0) is 0 Å². The smallest absolute Gasteiger partial charge is 0.170 e. The Morgan fingerprint density at radius 2 is 2.26 bits per heavy atom. The molecule has 0 radical (unpaired) electrons. The van der Waals surface area contributed by atoms with Crippen molar-refractivity contribution in [2.75, 3.05) is 6.54 Å². The van der Waals surface area contributed by atoms with Gasteiger partial charge in [0.2, 0.25) is 0 Å². The Kier molecular flexibility index (Phi) is 5.26. The van der Waals surface area contributed by atoms with Gasteiger partial charge in [0, 0.05) is 11.3 Å². The maximum absolute atomic E-state index is 4.51. The average molecular weight is 300 g/mol. The average Bonchev–Trinajstić information content (AvgIpc) is 2.73. The van der Waals surface area contributed by atoms with Crippen LogP contribution in [0.15, 0.2) is 4.34 Å². The second-order valence-electron chi connectivity index (χ2n) is 6.08. The number of hydrogen-bond donors (Lipinski definition) is 1. The van der Waals surface area contributed by atoms with Gasteiger partial charge in [0.1, 0.15) is 5.82 Å². The van der Waals surface area contributed by atoms with E-state index in [2.05, 4.69) is 35.4 Å². The van der Waals surface area contributed by atoms with Gasteiger partial charge in [0.15, 0.2) is 4.34 Å². The van der Waals surface area contributed by atoms with E-state index in [0.29, 0.717) is 16.7 Å². The topological polar surface area (TPSA) is 37.8 Å². The minimum atomic E-state index is 0.380. The Bertz CT molecular complexity index is 403. The summed E-state index contributed by atoms with van der Waals surface area (Å²) in [4.78, 5) is 4.51. The van der Waals surface area contributed by atoms with Crippen LogP contribution in [-0.4, -0.2) is 27.2 Å². The second-order valence-corrected chi connectivity index (χ2v) is 8.31. The molecule has 3 nitrogen and oxygen atoms in total. The standard InChI is InChI=1S/C14H25N3S2/c1-5-9-15-12-11(7-6-8-14(12,3)4)18-13-16-10(2)17-19-13/h11-12,15H,5-9H2,1-4H3. The van der Waals surface area contributed by atoms with E-state index in [0.717, 1.165) is 16.7 Å². The fourth-order valence-corrected chi connectivity index (χ4v) is 5.28. The molecule has 19 heavy (non-hydrogen) atoms. The minimum absolute atomic E-state index is 0.380. The molecular weight excluding hydrogens is 274 g/mol. The number of thioether (sulfide) groups is 1. The summed E-state index contributed by atoms with van der Waals surface area (Å²) < 4.78 is 5.42. The zero-order valence-electron chi connectivity index (χ0n) is 12.4. The maximum atomic E-state index is 4.51. The summed E-state index contributed by atoms with van der Waals surface area (Å²) in [7, 11) is 0. The molecule has 0 aromatic carbocycles. The molecule has 1 aliphatic rings. The summed E-state index contributed by atoms with van der Waals surface area (Å²) in [5, 5.41) is 4.40. The third-order valence-corrected chi connectivity index (χ3v) is 6.12. The first-order valence-corrected chi connectivity index (χ1v) is 8.88. The van der Waals surface area contributed by atoms with Crippen LogP contribution in [0.1, 0.15) is 52.3 Å². The molecule has 0 aliphatic heterocycles. The van der Waals surface area contributed by atoms with Gasteiger partial charge in [-0.3, -0.25) is 0 Å². The van der Waals surface area contributed by atoms with E-state index >= 15 is 0 Å². The van der Waals surface area contributed by atoms with Crippen LogP contribution < -0.4 is 5.32 Å². The van der Waals surface area contributed by atoms with Crippen LogP contribution in [0.3, 0.4) is 0 Å². The van der Waals surface area contributed by atoms with E-state index in [9.17, 15) is 0 Å². The molecule has 0 spiro atoms. The molecule has 0 saturated heterocycles. The fraction of sp³-hybridized carbons (Fsp3) is 0.857. The quantitative estimate of drug-likeness (QED) is 0.895. The highest BCUT2D eigenvalue weighted by molar-refractivity contribution is 8.01. The SMILES string of the molecule is CCCNC1C(Sc2nc(C)ns2)CCCC1(C)C. The molecule has 5 heteroatoms. The van der Waals surface area contributed by atoms with Gasteiger partial charge in [-0.25, -0.2) is 4.98 Å². The largest absolute Gasteiger partial charge is 0.312 e. The Balaban J connectivity index is 2.06. The zero-order valence-corrected chi connectivity index (χ0v) is 14.0. The van der Waals surface area contributed by atoms with Gasteiger partial charge in [-0.05, 0) is 49.7 Å². The molecule has 1 aromatic rings. The third kappa shape index (κ3) is 3.92. The predicted molar refractivity (Wildman–Crippen MR) is 84.0 cm³/mol. The first kappa shape index (κ1) is 15.3. The van der Waals surface area contributed by atoms with Crippen molar-refractivity contribution in [3.05, 3.63) is 5.82 Å². The van der Waals surface area contributed by atoms with E-state index in [4.69, 9.17) is 0 Å². The molecule has 1 aromatic heterocycles. The van der Waals surface area contributed by atoms with Gasteiger partial charge in [0.25, 0.3) is 0 Å². The lowest BCUT2D eigenvalue weighted by Crippen LogP contribution is -2.51. The van der Waals surface area contributed by atoms with Crippen LogP contribution >= 0.6 is 23.3 Å². The summed E-state index contributed by atoms with van der Waals surface area (Å²) in [5.74, 6) is 0.903.